The molecule has 11 nitrogen and oxygen atoms in total. The van der Waals surface area contributed by atoms with Gasteiger partial charge in [-0.15, -0.1) is 5.10 Å². The number of carbonyl (C=O) groups excluding carboxylic acids is 2. The van der Waals surface area contributed by atoms with Crippen LogP contribution in [0.5, 0.6) is 0 Å². The summed E-state index contributed by atoms with van der Waals surface area (Å²) < 4.78 is 6.86. The molecule has 3 N–H and O–H groups in total. The zero-order valence-corrected chi connectivity index (χ0v) is 18.4. The Balaban J connectivity index is 1.14. The van der Waals surface area contributed by atoms with Crippen LogP contribution in [0.3, 0.4) is 0 Å². The summed E-state index contributed by atoms with van der Waals surface area (Å²) in [6.07, 6.45) is 5.44. The molecule has 3 aromatic heterocycles. The molecule has 2 fully saturated rings. The van der Waals surface area contributed by atoms with Crippen LogP contribution in [0.2, 0.25) is 0 Å². The highest BCUT2D eigenvalue weighted by molar-refractivity contribution is 5.79. The molecule has 5 heterocycles. The number of aromatic nitrogens is 4. The van der Waals surface area contributed by atoms with Gasteiger partial charge in [-0.1, -0.05) is 0 Å². The minimum absolute atomic E-state index is 0.0191. The quantitative estimate of drug-likeness (QED) is 0.513. The Labute approximate surface area is 190 Å². The molecule has 5 rings (SSSR count). The van der Waals surface area contributed by atoms with Gasteiger partial charge in [0.1, 0.15) is 11.6 Å². The first-order valence-corrected chi connectivity index (χ1v) is 11.5. The van der Waals surface area contributed by atoms with Gasteiger partial charge >= 0.3 is 0 Å². The van der Waals surface area contributed by atoms with E-state index in [1.165, 1.54) is 4.52 Å². The van der Waals surface area contributed by atoms with Crippen molar-refractivity contribution in [1.29, 1.82) is 0 Å². The van der Waals surface area contributed by atoms with E-state index in [0.717, 1.165) is 44.6 Å². The molecule has 0 aromatic carbocycles. The normalized spacial score (nSPS) is 17.3. The molecule has 0 saturated carbocycles. The molecule has 3 aromatic rings. The average molecular weight is 453 g/mol. The zero-order valence-electron chi connectivity index (χ0n) is 18.4. The maximum atomic E-state index is 12.6. The summed E-state index contributed by atoms with van der Waals surface area (Å²) in [4.78, 5) is 37.3. The molecular formula is C22H28N8O3. The fraction of sp³-hybridized carbons (Fsp3) is 0.500. The third-order valence-electron chi connectivity index (χ3n) is 6.33. The lowest BCUT2D eigenvalue weighted by Gasteiger charge is -2.32. The molecule has 0 radical (unpaired) electrons. The van der Waals surface area contributed by atoms with E-state index >= 15 is 0 Å². The number of fused-ring (bicyclic) bond motifs is 1. The molecule has 2 aliphatic rings. The van der Waals surface area contributed by atoms with Crippen LogP contribution < -0.4 is 16.0 Å². The first-order valence-electron chi connectivity index (χ1n) is 11.5. The predicted molar refractivity (Wildman–Crippen MR) is 121 cm³/mol. The van der Waals surface area contributed by atoms with Crippen molar-refractivity contribution < 1.29 is 14.0 Å². The Morgan fingerprint density at radius 1 is 1.24 bits per heavy atom. The molecule has 174 valence electrons. The number of hydrogen-bond acceptors (Lipinski definition) is 8. The third-order valence-corrected chi connectivity index (χ3v) is 6.33. The van der Waals surface area contributed by atoms with Crippen LogP contribution in [-0.4, -0.2) is 69.0 Å². The summed E-state index contributed by atoms with van der Waals surface area (Å²) in [6, 6.07) is 5.35. The van der Waals surface area contributed by atoms with E-state index in [1.807, 2.05) is 4.90 Å². The molecule has 0 atom stereocenters. The van der Waals surface area contributed by atoms with Crippen molar-refractivity contribution in [2.45, 2.75) is 32.1 Å². The van der Waals surface area contributed by atoms with E-state index in [0.29, 0.717) is 49.2 Å². The molecule has 2 aliphatic heterocycles. The summed E-state index contributed by atoms with van der Waals surface area (Å²) in [5, 5.41) is 7.41. The fourth-order valence-corrected chi connectivity index (χ4v) is 4.49. The lowest BCUT2D eigenvalue weighted by molar-refractivity contribution is -0.127. The van der Waals surface area contributed by atoms with Gasteiger partial charge in [-0.05, 0) is 37.8 Å². The number of piperidine rings is 1. The van der Waals surface area contributed by atoms with Crippen LogP contribution in [0.15, 0.2) is 28.9 Å². The van der Waals surface area contributed by atoms with Crippen LogP contribution in [-0.2, 0) is 9.59 Å². The van der Waals surface area contributed by atoms with E-state index in [1.54, 1.807) is 24.5 Å². The number of likely N-dealkylation sites (tertiary alicyclic amines) is 1. The molecule has 0 bridgehead atoms. The number of amides is 2. The number of nitrogens with two attached hydrogens (primary N) is 1. The first-order chi connectivity index (χ1) is 16.1. The Hall–Kier alpha value is -3.63. The molecular weight excluding hydrogens is 424 g/mol. The topological polar surface area (TPSA) is 135 Å². The Morgan fingerprint density at radius 3 is 2.82 bits per heavy atom. The lowest BCUT2D eigenvalue weighted by atomic mass is 9.96. The number of nitrogen functional groups attached to an aromatic ring is 1. The average Bonchev–Trinajstić information content (AvgIpc) is 3.58. The maximum absolute atomic E-state index is 12.6. The van der Waals surface area contributed by atoms with Crippen molar-refractivity contribution in [2.75, 3.05) is 43.4 Å². The molecule has 0 unspecified atom stereocenters. The molecule has 0 aliphatic carbocycles. The minimum atomic E-state index is -0.0191. The van der Waals surface area contributed by atoms with Crippen molar-refractivity contribution in [1.82, 2.24) is 29.8 Å². The van der Waals surface area contributed by atoms with Gasteiger partial charge in [-0.3, -0.25) is 9.59 Å². The number of carbonyl (C=O) groups is 2. The maximum Gasteiger partial charge on any atom is 0.256 e. The summed E-state index contributed by atoms with van der Waals surface area (Å²) in [5.74, 6) is 2.86. The summed E-state index contributed by atoms with van der Waals surface area (Å²) in [7, 11) is 0. The number of furan rings is 1. The van der Waals surface area contributed by atoms with E-state index in [9.17, 15) is 9.59 Å². The van der Waals surface area contributed by atoms with Gasteiger partial charge in [0.25, 0.3) is 5.78 Å². The SMILES string of the molecule is Nc1cc(N2CCC(C(=O)NCCCN3CCCC3=O)CC2)nc2nc(-c3ccco3)nn12. The molecule has 33 heavy (non-hydrogen) atoms. The van der Waals surface area contributed by atoms with Crippen LogP contribution in [0.25, 0.3) is 17.4 Å². The van der Waals surface area contributed by atoms with Crippen molar-refractivity contribution in [2.24, 2.45) is 5.92 Å². The number of hydrogen-bond donors (Lipinski definition) is 2. The van der Waals surface area contributed by atoms with Gasteiger partial charge in [0.2, 0.25) is 17.6 Å². The fourth-order valence-electron chi connectivity index (χ4n) is 4.49. The van der Waals surface area contributed by atoms with Crippen LogP contribution >= 0.6 is 0 Å². The second-order valence-electron chi connectivity index (χ2n) is 8.55. The highest BCUT2D eigenvalue weighted by Crippen LogP contribution is 2.25. The van der Waals surface area contributed by atoms with E-state index in [2.05, 4.69) is 25.3 Å². The van der Waals surface area contributed by atoms with Gasteiger partial charge in [-0.2, -0.15) is 14.5 Å². The largest absolute Gasteiger partial charge is 0.461 e. The first kappa shape index (κ1) is 21.2. The third kappa shape index (κ3) is 4.48. The number of rotatable bonds is 7. The van der Waals surface area contributed by atoms with Crippen molar-refractivity contribution in [3.8, 4) is 11.6 Å². The highest BCUT2D eigenvalue weighted by atomic mass is 16.3. The Kier molecular flexibility index (Phi) is 5.84. The van der Waals surface area contributed by atoms with Crippen LogP contribution in [0.4, 0.5) is 11.6 Å². The van der Waals surface area contributed by atoms with Crippen molar-refractivity contribution in [3.63, 3.8) is 0 Å². The molecule has 2 amide bonds. The second kappa shape index (κ2) is 9.08. The molecule has 11 heteroatoms. The van der Waals surface area contributed by atoms with Crippen LogP contribution in [0.1, 0.15) is 32.1 Å². The number of nitrogens with zero attached hydrogens (tertiary/aromatic N) is 6. The van der Waals surface area contributed by atoms with Crippen molar-refractivity contribution >= 4 is 29.2 Å². The second-order valence-corrected chi connectivity index (χ2v) is 8.55. The lowest BCUT2D eigenvalue weighted by Crippen LogP contribution is -2.41. The molecule has 2 saturated heterocycles. The predicted octanol–water partition coefficient (Wildman–Crippen LogP) is 1.31. The Morgan fingerprint density at radius 2 is 2.09 bits per heavy atom. The van der Waals surface area contributed by atoms with E-state index < -0.39 is 0 Å². The van der Waals surface area contributed by atoms with Gasteiger partial charge in [0.15, 0.2) is 5.76 Å². The Bertz CT molecular complexity index is 1130. The van der Waals surface area contributed by atoms with Gasteiger partial charge in [0.05, 0.1) is 6.26 Å². The standard InChI is InChI=1S/C22H28N8O3/c23-17-14-18(25-22-26-20(27-30(17)22)16-4-2-13-33-16)28-11-6-15(7-12-28)21(32)24-8-3-10-29-9-1-5-19(29)31/h2,4,13-15H,1,3,5-12,23H2,(H,24,32). The molecule has 0 spiro atoms. The van der Waals surface area contributed by atoms with E-state index in [4.69, 9.17) is 10.2 Å². The summed E-state index contributed by atoms with van der Waals surface area (Å²) >= 11 is 0. The monoisotopic (exact) mass is 452 g/mol. The number of nitrogens with one attached hydrogen (secondary N) is 1. The zero-order chi connectivity index (χ0) is 22.8. The smallest absolute Gasteiger partial charge is 0.256 e. The van der Waals surface area contributed by atoms with Crippen LogP contribution in [0, 0.1) is 5.92 Å². The van der Waals surface area contributed by atoms with Gasteiger partial charge < -0.3 is 25.3 Å². The van der Waals surface area contributed by atoms with Gasteiger partial charge in [-0.25, -0.2) is 0 Å². The number of anilines is 2. The summed E-state index contributed by atoms with van der Waals surface area (Å²) in [5.41, 5.74) is 6.20. The van der Waals surface area contributed by atoms with E-state index in [-0.39, 0.29) is 17.7 Å². The van der Waals surface area contributed by atoms with Gasteiger partial charge in [0, 0.05) is 51.1 Å². The van der Waals surface area contributed by atoms with Crippen molar-refractivity contribution in [3.05, 3.63) is 24.5 Å². The highest BCUT2D eigenvalue weighted by Gasteiger charge is 2.26. The minimum Gasteiger partial charge on any atom is -0.461 e. The summed E-state index contributed by atoms with van der Waals surface area (Å²) in [6.45, 7) is 3.58.